The van der Waals surface area contributed by atoms with Crippen LogP contribution in [0.5, 0.6) is 0 Å². The monoisotopic (exact) mass is 444 g/mol. The highest BCUT2D eigenvalue weighted by molar-refractivity contribution is 5.68. The quantitative estimate of drug-likeness (QED) is 0.688. The Morgan fingerprint density at radius 3 is 2.45 bits per heavy atom. The number of halogens is 5. The third-order valence-corrected chi connectivity index (χ3v) is 4.97. The van der Waals surface area contributed by atoms with Gasteiger partial charge in [-0.2, -0.15) is 13.2 Å². The maximum Gasteiger partial charge on any atom is 0.419 e. The molecule has 0 spiro atoms. The lowest BCUT2D eigenvalue weighted by atomic mass is 9.93. The van der Waals surface area contributed by atoms with Gasteiger partial charge in [-0.25, -0.2) is 23.5 Å². The van der Waals surface area contributed by atoms with Crippen molar-refractivity contribution in [3.63, 3.8) is 0 Å². The molecule has 1 aliphatic heterocycles. The molecule has 11 heteroatoms. The van der Waals surface area contributed by atoms with Gasteiger partial charge in [0.25, 0.3) is 5.92 Å². The van der Waals surface area contributed by atoms with Crippen molar-refractivity contribution in [2.24, 2.45) is 5.92 Å². The highest BCUT2D eigenvalue weighted by Crippen LogP contribution is 2.33. The van der Waals surface area contributed by atoms with Gasteiger partial charge in [-0.15, -0.1) is 0 Å². The molecule has 0 bridgehead atoms. The van der Waals surface area contributed by atoms with Crippen molar-refractivity contribution < 1.29 is 31.5 Å². The molecule has 2 heterocycles. The molecule has 1 unspecified atom stereocenters. The maximum absolute atomic E-state index is 14.5. The number of aromatic nitrogens is 2. The molecular weight excluding hydrogens is 423 g/mol. The first-order chi connectivity index (χ1) is 14.5. The lowest BCUT2D eigenvalue weighted by molar-refractivity contribution is -0.138. The van der Waals surface area contributed by atoms with Gasteiger partial charge in [0.1, 0.15) is 6.61 Å². The summed E-state index contributed by atoms with van der Waals surface area (Å²) in [6, 6.07) is 7.29. The van der Waals surface area contributed by atoms with Crippen LogP contribution in [0.15, 0.2) is 36.7 Å². The molecule has 1 amide bonds. The number of piperidine rings is 1. The number of anilines is 1. The van der Waals surface area contributed by atoms with E-state index in [-0.39, 0.29) is 32.1 Å². The van der Waals surface area contributed by atoms with E-state index in [0.717, 1.165) is 16.0 Å². The molecular formula is C20H21F5N4O2. The zero-order chi connectivity index (χ0) is 22.6. The zero-order valence-corrected chi connectivity index (χ0v) is 16.6. The summed E-state index contributed by atoms with van der Waals surface area (Å²) in [5, 5.41) is 2.54. The predicted molar refractivity (Wildman–Crippen MR) is 102 cm³/mol. The van der Waals surface area contributed by atoms with E-state index in [4.69, 9.17) is 4.74 Å². The van der Waals surface area contributed by atoms with E-state index in [9.17, 15) is 26.7 Å². The lowest BCUT2D eigenvalue weighted by Gasteiger charge is -2.37. The number of ether oxygens (including phenoxy) is 1. The van der Waals surface area contributed by atoms with Gasteiger partial charge < -0.3 is 15.0 Å². The Balaban J connectivity index is 1.50. The number of carbonyl (C=O) groups is 1. The van der Waals surface area contributed by atoms with Crippen LogP contribution >= 0.6 is 0 Å². The van der Waals surface area contributed by atoms with Crippen LogP contribution in [0, 0.1) is 12.8 Å². The Bertz CT molecular complexity index is 888. The first-order valence-corrected chi connectivity index (χ1v) is 9.53. The minimum absolute atomic E-state index is 0.0136. The Labute approximate surface area is 175 Å². The summed E-state index contributed by atoms with van der Waals surface area (Å²) < 4.78 is 71.8. The molecule has 1 aromatic carbocycles. The summed E-state index contributed by atoms with van der Waals surface area (Å²) >= 11 is 0. The van der Waals surface area contributed by atoms with Gasteiger partial charge in [-0.1, -0.05) is 29.8 Å². The van der Waals surface area contributed by atoms with Crippen molar-refractivity contribution in [2.75, 3.05) is 25.0 Å². The second-order valence-corrected chi connectivity index (χ2v) is 7.38. The molecule has 0 saturated carbocycles. The third kappa shape index (κ3) is 6.02. The standard InChI is InChI=1S/C20H21F5N4O2/c1-13-2-4-14(5-3-13)11-31-18(30)29-7-6-15(19(21,22)12-29)8-26-17-27-9-16(10-28-17)20(23,24)25/h2-5,9-10,15H,6-8,11-12H2,1H3,(H,26,27,28). The minimum atomic E-state index is -4.58. The Hall–Kier alpha value is -2.98. The highest BCUT2D eigenvalue weighted by Gasteiger charge is 2.46. The lowest BCUT2D eigenvalue weighted by Crippen LogP contribution is -2.52. The second-order valence-electron chi connectivity index (χ2n) is 7.38. The molecule has 1 aromatic heterocycles. The first-order valence-electron chi connectivity index (χ1n) is 9.53. The molecule has 1 atom stereocenters. The van der Waals surface area contributed by atoms with Gasteiger partial charge in [0.05, 0.1) is 12.1 Å². The fraction of sp³-hybridized carbons (Fsp3) is 0.450. The number of aryl methyl sites for hydroxylation is 1. The van der Waals surface area contributed by atoms with Crippen LogP contribution < -0.4 is 5.32 Å². The number of nitrogens with zero attached hydrogens (tertiary/aromatic N) is 3. The van der Waals surface area contributed by atoms with Crippen LogP contribution in [-0.2, 0) is 17.5 Å². The molecule has 168 valence electrons. The van der Waals surface area contributed by atoms with E-state index in [1.165, 1.54) is 0 Å². The van der Waals surface area contributed by atoms with Gasteiger partial charge >= 0.3 is 12.3 Å². The molecule has 1 saturated heterocycles. The molecule has 1 fully saturated rings. The molecule has 0 radical (unpaired) electrons. The van der Waals surface area contributed by atoms with Crippen molar-refractivity contribution in [1.29, 1.82) is 0 Å². The average molecular weight is 444 g/mol. The van der Waals surface area contributed by atoms with Gasteiger partial charge in [-0.3, -0.25) is 0 Å². The van der Waals surface area contributed by atoms with Crippen LogP contribution in [0.4, 0.5) is 32.7 Å². The predicted octanol–water partition coefficient (Wildman–Crippen LogP) is 4.51. The SMILES string of the molecule is Cc1ccc(COC(=O)N2CCC(CNc3ncc(C(F)(F)F)cn3)C(F)(F)C2)cc1. The van der Waals surface area contributed by atoms with Crippen molar-refractivity contribution >= 4 is 12.0 Å². The van der Waals surface area contributed by atoms with Gasteiger partial charge in [-0.05, 0) is 18.9 Å². The van der Waals surface area contributed by atoms with Crippen molar-refractivity contribution in [2.45, 2.75) is 32.1 Å². The number of alkyl halides is 5. The summed E-state index contributed by atoms with van der Waals surface area (Å²) in [5.74, 6) is -4.52. The fourth-order valence-electron chi connectivity index (χ4n) is 3.09. The largest absolute Gasteiger partial charge is 0.445 e. The number of hydrogen-bond acceptors (Lipinski definition) is 5. The average Bonchev–Trinajstić information content (AvgIpc) is 2.71. The van der Waals surface area contributed by atoms with Crippen LogP contribution in [-0.4, -0.2) is 46.5 Å². The van der Waals surface area contributed by atoms with Gasteiger partial charge in [0.15, 0.2) is 0 Å². The number of carbonyl (C=O) groups excluding carboxylic acids is 1. The van der Waals surface area contributed by atoms with Crippen LogP contribution in [0.3, 0.4) is 0 Å². The molecule has 0 aliphatic carbocycles. The summed E-state index contributed by atoms with van der Waals surface area (Å²) in [5.41, 5.74) is 0.772. The van der Waals surface area contributed by atoms with Gasteiger partial charge in [0, 0.05) is 31.4 Å². The van der Waals surface area contributed by atoms with Crippen molar-refractivity contribution in [3.8, 4) is 0 Å². The second kappa shape index (κ2) is 9.03. The molecule has 3 rings (SSSR count). The van der Waals surface area contributed by atoms with E-state index < -0.39 is 36.2 Å². The third-order valence-electron chi connectivity index (χ3n) is 4.97. The van der Waals surface area contributed by atoms with Crippen molar-refractivity contribution in [1.82, 2.24) is 14.9 Å². The number of benzene rings is 1. The zero-order valence-electron chi connectivity index (χ0n) is 16.6. The minimum Gasteiger partial charge on any atom is -0.445 e. The van der Waals surface area contributed by atoms with E-state index in [2.05, 4.69) is 15.3 Å². The normalized spacial score (nSPS) is 18.5. The van der Waals surface area contributed by atoms with Crippen LogP contribution in [0.2, 0.25) is 0 Å². The molecule has 1 aliphatic rings. The molecule has 1 N–H and O–H groups in total. The fourth-order valence-corrected chi connectivity index (χ4v) is 3.09. The smallest absolute Gasteiger partial charge is 0.419 e. The number of hydrogen-bond donors (Lipinski definition) is 1. The van der Waals surface area contributed by atoms with Crippen LogP contribution in [0.25, 0.3) is 0 Å². The van der Waals surface area contributed by atoms with E-state index >= 15 is 0 Å². The Kier molecular flexibility index (Phi) is 6.61. The van der Waals surface area contributed by atoms with E-state index in [1.54, 1.807) is 12.1 Å². The Morgan fingerprint density at radius 2 is 1.87 bits per heavy atom. The summed E-state index contributed by atoms with van der Waals surface area (Å²) in [6.45, 7) is 0.922. The highest BCUT2D eigenvalue weighted by atomic mass is 19.4. The molecule has 31 heavy (non-hydrogen) atoms. The first kappa shape index (κ1) is 22.7. The Morgan fingerprint density at radius 1 is 1.23 bits per heavy atom. The summed E-state index contributed by atoms with van der Waals surface area (Å²) in [6.07, 6.45) is -4.25. The number of nitrogens with one attached hydrogen (secondary N) is 1. The maximum atomic E-state index is 14.5. The topological polar surface area (TPSA) is 67.3 Å². The van der Waals surface area contributed by atoms with Crippen LogP contribution in [0.1, 0.15) is 23.1 Å². The number of rotatable bonds is 5. The van der Waals surface area contributed by atoms with Gasteiger partial charge in [0.2, 0.25) is 5.95 Å². The summed E-state index contributed by atoms with van der Waals surface area (Å²) in [7, 11) is 0. The summed E-state index contributed by atoms with van der Waals surface area (Å²) in [4.78, 5) is 20.1. The van der Waals surface area contributed by atoms with Crippen molar-refractivity contribution in [3.05, 3.63) is 53.3 Å². The molecule has 6 nitrogen and oxygen atoms in total. The number of likely N-dealkylation sites (tertiary alicyclic amines) is 1. The van der Waals surface area contributed by atoms with E-state index in [1.807, 2.05) is 19.1 Å². The van der Waals surface area contributed by atoms with E-state index in [0.29, 0.717) is 12.4 Å². The molecule has 2 aromatic rings. The number of amides is 1.